The van der Waals surface area contributed by atoms with E-state index in [1.54, 1.807) is 12.1 Å². The standard InChI is InChI=1S/C28H32N2O2/c1-20(2)18-23-14-16-24(17-15-23)21(3)29-28(32)26(19-22-10-6-4-7-11-22)30-27(31)25-12-8-5-9-13-25/h4-17,20-21,26H,18-19H2,1-3H3,(H,29,32)(H,30,31)/t21-,26-/m0/s1. The van der Waals surface area contributed by atoms with Crippen molar-refractivity contribution in [3.63, 3.8) is 0 Å². The number of amides is 2. The molecule has 0 heterocycles. The van der Waals surface area contributed by atoms with E-state index in [1.165, 1.54) is 5.56 Å². The summed E-state index contributed by atoms with van der Waals surface area (Å²) in [5.41, 5.74) is 3.86. The molecular weight excluding hydrogens is 396 g/mol. The molecule has 2 amide bonds. The van der Waals surface area contributed by atoms with Crippen LogP contribution in [0.5, 0.6) is 0 Å². The zero-order chi connectivity index (χ0) is 22.9. The fourth-order valence-electron chi connectivity index (χ4n) is 3.70. The van der Waals surface area contributed by atoms with Crippen LogP contribution >= 0.6 is 0 Å². The Morgan fingerprint density at radius 1 is 0.688 bits per heavy atom. The molecule has 4 nitrogen and oxygen atoms in total. The highest BCUT2D eigenvalue weighted by molar-refractivity contribution is 5.97. The zero-order valence-electron chi connectivity index (χ0n) is 19.0. The van der Waals surface area contributed by atoms with Gasteiger partial charge in [-0.25, -0.2) is 0 Å². The second kappa shape index (κ2) is 11.3. The Hall–Kier alpha value is -3.40. The van der Waals surface area contributed by atoms with Crippen LogP contribution in [0.15, 0.2) is 84.9 Å². The Balaban J connectivity index is 1.71. The van der Waals surface area contributed by atoms with Crippen molar-refractivity contribution >= 4 is 11.8 Å². The highest BCUT2D eigenvalue weighted by Gasteiger charge is 2.23. The summed E-state index contributed by atoms with van der Waals surface area (Å²) in [5, 5.41) is 6.00. The van der Waals surface area contributed by atoms with Crippen LogP contribution in [0.3, 0.4) is 0 Å². The van der Waals surface area contributed by atoms with E-state index in [1.807, 2.05) is 55.5 Å². The normalized spacial score (nSPS) is 12.8. The number of rotatable bonds is 9. The summed E-state index contributed by atoms with van der Waals surface area (Å²) in [4.78, 5) is 25.9. The Bertz CT molecular complexity index is 999. The van der Waals surface area contributed by atoms with Crippen LogP contribution in [0, 0.1) is 5.92 Å². The van der Waals surface area contributed by atoms with Crippen LogP contribution in [-0.4, -0.2) is 17.9 Å². The van der Waals surface area contributed by atoms with Gasteiger partial charge in [0, 0.05) is 12.0 Å². The van der Waals surface area contributed by atoms with E-state index in [-0.39, 0.29) is 17.9 Å². The lowest BCUT2D eigenvalue weighted by Gasteiger charge is -2.22. The first kappa shape index (κ1) is 23.3. The van der Waals surface area contributed by atoms with Crippen LogP contribution in [-0.2, 0) is 17.6 Å². The van der Waals surface area contributed by atoms with Crippen LogP contribution < -0.4 is 10.6 Å². The number of carbonyl (C=O) groups is 2. The molecule has 0 radical (unpaired) electrons. The summed E-state index contributed by atoms with van der Waals surface area (Å²) in [5.74, 6) is 0.147. The van der Waals surface area contributed by atoms with Gasteiger partial charge in [-0.2, -0.15) is 0 Å². The molecule has 2 N–H and O–H groups in total. The predicted molar refractivity (Wildman–Crippen MR) is 129 cm³/mol. The topological polar surface area (TPSA) is 58.2 Å². The molecule has 0 fully saturated rings. The molecule has 0 saturated heterocycles. The Morgan fingerprint density at radius 2 is 1.25 bits per heavy atom. The molecule has 166 valence electrons. The average molecular weight is 429 g/mol. The smallest absolute Gasteiger partial charge is 0.251 e. The fraction of sp³-hybridized carbons (Fsp3) is 0.286. The van der Waals surface area contributed by atoms with Crippen LogP contribution in [0.4, 0.5) is 0 Å². The van der Waals surface area contributed by atoms with Gasteiger partial charge in [-0.15, -0.1) is 0 Å². The van der Waals surface area contributed by atoms with E-state index in [0.717, 1.165) is 17.5 Å². The summed E-state index contributed by atoms with van der Waals surface area (Å²) in [6, 6.07) is 26.2. The van der Waals surface area contributed by atoms with Crippen LogP contribution in [0.1, 0.15) is 53.9 Å². The molecule has 4 heteroatoms. The number of hydrogen-bond acceptors (Lipinski definition) is 2. The van der Waals surface area contributed by atoms with Crippen molar-refractivity contribution in [2.75, 3.05) is 0 Å². The third-order valence-corrected chi connectivity index (χ3v) is 5.42. The zero-order valence-corrected chi connectivity index (χ0v) is 19.0. The quantitative estimate of drug-likeness (QED) is 0.498. The molecule has 32 heavy (non-hydrogen) atoms. The molecule has 3 aromatic carbocycles. The number of nitrogens with one attached hydrogen (secondary N) is 2. The van der Waals surface area contributed by atoms with E-state index in [0.29, 0.717) is 17.9 Å². The maximum absolute atomic E-state index is 13.2. The molecule has 0 aliphatic rings. The minimum absolute atomic E-state index is 0.164. The van der Waals surface area contributed by atoms with Crippen molar-refractivity contribution in [3.8, 4) is 0 Å². The minimum Gasteiger partial charge on any atom is -0.348 e. The highest BCUT2D eigenvalue weighted by Crippen LogP contribution is 2.16. The number of carbonyl (C=O) groups excluding carboxylic acids is 2. The van der Waals surface area contributed by atoms with Gasteiger partial charge >= 0.3 is 0 Å². The Labute approximate surface area is 191 Å². The summed E-state index contributed by atoms with van der Waals surface area (Å²) in [6.07, 6.45) is 1.46. The first-order valence-corrected chi connectivity index (χ1v) is 11.2. The van der Waals surface area contributed by atoms with Crippen LogP contribution in [0.2, 0.25) is 0 Å². The maximum Gasteiger partial charge on any atom is 0.251 e. The largest absolute Gasteiger partial charge is 0.348 e. The predicted octanol–water partition coefficient (Wildman–Crippen LogP) is 5.10. The van der Waals surface area contributed by atoms with Gasteiger partial charge in [0.15, 0.2) is 0 Å². The monoisotopic (exact) mass is 428 g/mol. The van der Waals surface area contributed by atoms with Gasteiger partial charge in [-0.05, 0) is 48.1 Å². The third-order valence-electron chi connectivity index (χ3n) is 5.42. The maximum atomic E-state index is 13.2. The summed E-state index contributed by atoms with van der Waals surface area (Å²) in [7, 11) is 0. The molecule has 0 unspecified atom stereocenters. The lowest BCUT2D eigenvalue weighted by Crippen LogP contribution is -2.48. The van der Waals surface area contributed by atoms with E-state index in [4.69, 9.17) is 0 Å². The molecule has 0 aromatic heterocycles. The first-order valence-electron chi connectivity index (χ1n) is 11.2. The van der Waals surface area contributed by atoms with Crippen molar-refractivity contribution in [1.82, 2.24) is 10.6 Å². The van der Waals surface area contributed by atoms with E-state index in [2.05, 4.69) is 48.7 Å². The van der Waals surface area contributed by atoms with E-state index >= 15 is 0 Å². The molecule has 0 spiro atoms. The Kier molecular flexibility index (Phi) is 8.20. The van der Waals surface area contributed by atoms with Crippen molar-refractivity contribution in [2.45, 2.75) is 45.7 Å². The fourth-order valence-corrected chi connectivity index (χ4v) is 3.70. The first-order chi connectivity index (χ1) is 15.4. The molecule has 0 aliphatic heterocycles. The second-order valence-corrected chi connectivity index (χ2v) is 8.65. The molecule has 0 aliphatic carbocycles. The van der Waals surface area contributed by atoms with Gasteiger partial charge in [0.2, 0.25) is 5.91 Å². The molecule has 2 atom stereocenters. The minimum atomic E-state index is -0.673. The average Bonchev–Trinajstić information content (AvgIpc) is 2.80. The molecule has 3 aromatic rings. The van der Waals surface area contributed by atoms with Gasteiger partial charge in [0.1, 0.15) is 6.04 Å². The second-order valence-electron chi connectivity index (χ2n) is 8.65. The molecular formula is C28H32N2O2. The van der Waals surface area contributed by atoms with Crippen molar-refractivity contribution in [3.05, 3.63) is 107 Å². The number of hydrogen-bond donors (Lipinski definition) is 2. The van der Waals surface area contributed by atoms with Gasteiger partial charge in [0.25, 0.3) is 5.91 Å². The van der Waals surface area contributed by atoms with Crippen molar-refractivity contribution in [2.24, 2.45) is 5.92 Å². The Morgan fingerprint density at radius 3 is 1.84 bits per heavy atom. The molecule has 3 rings (SSSR count). The van der Waals surface area contributed by atoms with Gasteiger partial charge < -0.3 is 10.6 Å². The summed E-state index contributed by atoms with van der Waals surface area (Å²) in [6.45, 7) is 6.37. The SMILES string of the molecule is CC(C)Cc1ccc([C@H](C)NC(=O)[C@H](Cc2ccccc2)NC(=O)c2ccccc2)cc1. The van der Waals surface area contributed by atoms with E-state index in [9.17, 15) is 9.59 Å². The number of benzene rings is 3. The summed E-state index contributed by atoms with van der Waals surface area (Å²) >= 11 is 0. The lowest BCUT2D eigenvalue weighted by atomic mass is 9.99. The van der Waals surface area contributed by atoms with Crippen molar-refractivity contribution in [1.29, 1.82) is 0 Å². The van der Waals surface area contributed by atoms with Gasteiger partial charge in [0.05, 0.1) is 6.04 Å². The third kappa shape index (κ3) is 6.81. The van der Waals surface area contributed by atoms with Gasteiger partial charge in [-0.1, -0.05) is 86.6 Å². The summed E-state index contributed by atoms with van der Waals surface area (Å²) < 4.78 is 0. The van der Waals surface area contributed by atoms with Crippen molar-refractivity contribution < 1.29 is 9.59 Å². The van der Waals surface area contributed by atoms with Crippen LogP contribution in [0.25, 0.3) is 0 Å². The molecule has 0 bridgehead atoms. The van der Waals surface area contributed by atoms with Gasteiger partial charge in [-0.3, -0.25) is 9.59 Å². The van der Waals surface area contributed by atoms with E-state index < -0.39 is 6.04 Å². The lowest BCUT2D eigenvalue weighted by molar-refractivity contribution is -0.123. The molecule has 0 saturated carbocycles. The highest BCUT2D eigenvalue weighted by atomic mass is 16.2.